The largest absolute Gasteiger partial charge is 0.493 e. The van der Waals surface area contributed by atoms with E-state index in [-0.39, 0.29) is 5.60 Å². The van der Waals surface area contributed by atoms with E-state index in [1.54, 1.807) is 20.4 Å². The lowest BCUT2D eigenvalue weighted by molar-refractivity contribution is -0.0300. The number of methoxy groups -OCH3 is 2. The second-order valence-electron chi connectivity index (χ2n) is 6.39. The van der Waals surface area contributed by atoms with Gasteiger partial charge in [0.05, 0.1) is 20.8 Å². The predicted molar refractivity (Wildman–Crippen MR) is 90.1 cm³/mol. The first-order valence-electron chi connectivity index (χ1n) is 8.26. The molecule has 24 heavy (non-hydrogen) atoms. The van der Waals surface area contributed by atoms with Crippen molar-refractivity contribution in [2.75, 3.05) is 27.3 Å². The van der Waals surface area contributed by atoms with Crippen LogP contribution in [0.4, 0.5) is 0 Å². The molecule has 2 aliphatic heterocycles. The van der Waals surface area contributed by atoms with Crippen molar-refractivity contribution in [3.63, 3.8) is 0 Å². The summed E-state index contributed by atoms with van der Waals surface area (Å²) in [6.07, 6.45) is 2.78. The Hall–Kier alpha value is -2.11. The van der Waals surface area contributed by atoms with Crippen LogP contribution in [0, 0.1) is 0 Å². The number of rotatable bonds is 4. The third kappa shape index (κ3) is 2.44. The summed E-state index contributed by atoms with van der Waals surface area (Å²) < 4.78 is 17.1. The quantitative estimate of drug-likeness (QED) is 0.864. The van der Waals surface area contributed by atoms with Gasteiger partial charge in [-0.25, -0.2) is 0 Å². The average Bonchev–Trinajstić information content (AvgIpc) is 3.20. The first-order valence-corrected chi connectivity index (χ1v) is 8.26. The van der Waals surface area contributed by atoms with E-state index in [1.165, 1.54) is 11.1 Å². The van der Waals surface area contributed by atoms with E-state index in [4.69, 9.17) is 14.2 Å². The summed E-state index contributed by atoms with van der Waals surface area (Å²) in [6, 6.07) is 10.4. The molecule has 1 aromatic heterocycles. The van der Waals surface area contributed by atoms with Gasteiger partial charge in [-0.05, 0) is 17.5 Å². The van der Waals surface area contributed by atoms with Gasteiger partial charge in [0.2, 0.25) is 0 Å². The molecule has 2 aromatic rings. The van der Waals surface area contributed by atoms with E-state index in [0.29, 0.717) is 12.4 Å². The van der Waals surface area contributed by atoms with Crippen molar-refractivity contribution in [1.29, 1.82) is 0 Å². The molecular formula is C19H22N2O3. The Morgan fingerprint density at radius 2 is 2.08 bits per heavy atom. The Morgan fingerprint density at radius 3 is 2.92 bits per heavy atom. The van der Waals surface area contributed by atoms with Crippen molar-refractivity contribution < 1.29 is 14.2 Å². The smallest absolute Gasteiger partial charge is 0.183 e. The minimum atomic E-state index is -0.164. The summed E-state index contributed by atoms with van der Waals surface area (Å²) in [7, 11) is 3.31. The lowest BCUT2D eigenvalue weighted by Crippen LogP contribution is -2.30. The van der Waals surface area contributed by atoms with Gasteiger partial charge in [-0.3, -0.25) is 9.88 Å². The molecule has 1 spiro atoms. The highest BCUT2D eigenvalue weighted by molar-refractivity contribution is 5.43. The molecule has 1 aromatic carbocycles. The normalized spacial score (nSPS) is 22.8. The van der Waals surface area contributed by atoms with E-state index >= 15 is 0 Å². The molecule has 2 aliphatic rings. The van der Waals surface area contributed by atoms with Crippen LogP contribution in [0.2, 0.25) is 0 Å². The van der Waals surface area contributed by atoms with Crippen molar-refractivity contribution in [2.45, 2.75) is 25.2 Å². The fraction of sp³-hybridized carbons (Fsp3) is 0.421. The summed E-state index contributed by atoms with van der Waals surface area (Å²) in [6.45, 7) is 3.31. The van der Waals surface area contributed by atoms with E-state index in [1.807, 2.05) is 6.07 Å². The van der Waals surface area contributed by atoms with Gasteiger partial charge < -0.3 is 14.2 Å². The fourth-order valence-corrected chi connectivity index (χ4v) is 3.89. The maximum absolute atomic E-state index is 6.22. The number of nitrogens with zero attached hydrogens (tertiary/aromatic N) is 2. The lowest BCUT2D eigenvalue weighted by Gasteiger charge is -2.25. The van der Waals surface area contributed by atoms with Gasteiger partial charge in [-0.15, -0.1) is 0 Å². The monoisotopic (exact) mass is 326 g/mol. The van der Waals surface area contributed by atoms with Gasteiger partial charge >= 0.3 is 0 Å². The summed E-state index contributed by atoms with van der Waals surface area (Å²) in [5.41, 5.74) is 3.40. The zero-order valence-electron chi connectivity index (χ0n) is 14.1. The molecule has 126 valence electrons. The van der Waals surface area contributed by atoms with Crippen molar-refractivity contribution in [3.05, 3.63) is 53.3 Å². The van der Waals surface area contributed by atoms with Crippen LogP contribution in [0.1, 0.15) is 23.2 Å². The first kappa shape index (κ1) is 15.4. The van der Waals surface area contributed by atoms with Crippen LogP contribution in [0.5, 0.6) is 11.5 Å². The molecule has 0 amide bonds. The van der Waals surface area contributed by atoms with Crippen molar-refractivity contribution >= 4 is 0 Å². The van der Waals surface area contributed by atoms with Gasteiger partial charge in [-0.1, -0.05) is 24.3 Å². The Morgan fingerprint density at radius 1 is 1.21 bits per heavy atom. The molecule has 1 fully saturated rings. The van der Waals surface area contributed by atoms with E-state index in [9.17, 15) is 0 Å². The number of hydrogen-bond acceptors (Lipinski definition) is 5. The van der Waals surface area contributed by atoms with Crippen molar-refractivity contribution in [3.8, 4) is 11.5 Å². The number of ether oxygens (including phenoxy) is 3. The highest BCUT2D eigenvalue weighted by Gasteiger charge is 2.45. The molecule has 0 bridgehead atoms. The molecule has 5 heteroatoms. The number of pyridine rings is 1. The zero-order valence-corrected chi connectivity index (χ0v) is 14.1. The van der Waals surface area contributed by atoms with Gasteiger partial charge in [0.1, 0.15) is 11.3 Å². The Bertz CT molecular complexity index is 749. The summed E-state index contributed by atoms with van der Waals surface area (Å²) >= 11 is 0. The third-order valence-electron chi connectivity index (χ3n) is 5.06. The molecule has 0 aliphatic carbocycles. The summed E-state index contributed by atoms with van der Waals surface area (Å²) in [5, 5.41) is 0. The topological polar surface area (TPSA) is 43.8 Å². The van der Waals surface area contributed by atoms with Gasteiger partial charge in [-0.2, -0.15) is 0 Å². The number of likely N-dealkylation sites (tertiary alicyclic amines) is 1. The van der Waals surface area contributed by atoms with Gasteiger partial charge in [0.25, 0.3) is 0 Å². The van der Waals surface area contributed by atoms with Gasteiger partial charge in [0, 0.05) is 31.9 Å². The number of hydrogen-bond donors (Lipinski definition) is 0. The summed E-state index contributed by atoms with van der Waals surface area (Å²) in [5.74, 6) is 1.44. The van der Waals surface area contributed by atoms with Crippen LogP contribution >= 0.6 is 0 Å². The molecule has 1 atom stereocenters. The highest BCUT2D eigenvalue weighted by atomic mass is 16.5. The Balaban J connectivity index is 1.55. The van der Waals surface area contributed by atoms with E-state index < -0.39 is 0 Å². The van der Waals surface area contributed by atoms with Crippen molar-refractivity contribution in [1.82, 2.24) is 9.88 Å². The molecule has 3 heterocycles. The lowest BCUT2D eigenvalue weighted by atomic mass is 9.92. The Labute approximate surface area is 142 Å². The number of fused-ring (bicyclic) bond motifs is 2. The second kappa shape index (κ2) is 6.07. The molecule has 1 saturated heterocycles. The maximum Gasteiger partial charge on any atom is 0.183 e. The molecule has 0 saturated carbocycles. The molecule has 0 N–H and O–H groups in total. The van der Waals surface area contributed by atoms with Crippen LogP contribution in [0.15, 0.2) is 36.5 Å². The molecule has 4 rings (SSSR count). The second-order valence-corrected chi connectivity index (χ2v) is 6.39. The maximum atomic E-state index is 6.22. The van der Waals surface area contributed by atoms with Crippen LogP contribution in [0.25, 0.3) is 0 Å². The van der Waals surface area contributed by atoms with Crippen molar-refractivity contribution in [2.24, 2.45) is 0 Å². The van der Waals surface area contributed by atoms with Gasteiger partial charge in [0.15, 0.2) is 11.5 Å². The molecule has 5 nitrogen and oxygen atoms in total. The number of benzene rings is 1. The first-order chi connectivity index (χ1) is 11.8. The van der Waals surface area contributed by atoms with E-state index in [2.05, 4.69) is 34.1 Å². The standard InChI is InChI=1S/C19H22N2O3/c1-22-17-7-9-20-16(18(17)23-2)11-21-10-8-19(13-21)15-6-4-3-5-14(15)12-24-19/h3-7,9H,8,10-13H2,1-2H3. The Kier molecular flexibility index (Phi) is 3.90. The SMILES string of the molecule is COc1ccnc(CN2CCC3(C2)OCc2ccccc23)c1OC. The van der Waals surface area contributed by atoms with Crippen LogP contribution in [-0.4, -0.2) is 37.2 Å². The summed E-state index contributed by atoms with van der Waals surface area (Å²) in [4.78, 5) is 6.87. The van der Waals surface area contributed by atoms with Crippen LogP contribution < -0.4 is 9.47 Å². The number of aromatic nitrogens is 1. The highest BCUT2D eigenvalue weighted by Crippen LogP contribution is 2.44. The zero-order chi connectivity index (χ0) is 16.6. The fourth-order valence-electron chi connectivity index (χ4n) is 3.89. The molecular weight excluding hydrogens is 304 g/mol. The molecule has 1 unspecified atom stereocenters. The molecule has 0 radical (unpaired) electrons. The minimum Gasteiger partial charge on any atom is -0.493 e. The van der Waals surface area contributed by atoms with E-state index in [0.717, 1.165) is 37.5 Å². The predicted octanol–water partition coefficient (Wildman–Crippen LogP) is 2.73. The minimum absolute atomic E-state index is 0.164. The van der Waals surface area contributed by atoms with Crippen LogP contribution in [-0.2, 0) is 23.5 Å². The van der Waals surface area contributed by atoms with Crippen LogP contribution in [0.3, 0.4) is 0 Å². The average molecular weight is 326 g/mol. The third-order valence-corrected chi connectivity index (χ3v) is 5.06.